The minimum absolute atomic E-state index is 0.164. The number of para-hydroxylation sites is 2. The van der Waals surface area contributed by atoms with E-state index in [0.717, 1.165) is 160 Å². The van der Waals surface area contributed by atoms with Crippen molar-refractivity contribution in [3.63, 3.8) is 0 Å². The quantitative estimate of drug-likeness (QED) is 0.0826. The first-order chi connectivity index (χ1) is 31.0. The number of furan rings is 2. The van der Waals surface area contributed by atoms with Crippen LogP contribution in [0.15, 0.2) is 119 Å². The summed E-state index contributed by atoms with van der Waals surface area (Å²) in [4.78, 5) is 30.0. The number of ether oxygens (including phenoxy) is 3. The third-order valence-electron chi connectivity index (χ3n) is 12.5. The summed E-state index contributed by atoms with van der Waals surface area (Å²) < 4.78 is 30.6. The Kier molecular flexibility index (Phi) is 13.1. The second-order valence-corrected chi connectivity index (χ2v) is 17.0. The average molecular weight is 857 g/mol. The molecule has 0 atom stereocenters. The number of halogens is 1. The van der Waals surface area contributed by atoms with E-state index in [0.29, 0.717) is 16.9 Å². The smallest absolute Gasteiger partial charge is 0.197 e. The number of aromatic nitrogens is 2. The fraction of sp³-hybridized carbons (Fsp3) is 0.294. The predicted octanol–water partition coefficient (Wildman–Crippen LogP) is 12.5. The molecule has 0 unspecified atom stereocenters. The van der Waals surface area contributed by atoms with E-state index in [2.05, 4.69) is 16.0 Å². The Morgan fingerprint density at radius 3 is 1.57 bits per heavy atom. The normalized spacial score (nSPS) is 18.7. The van der Waals surface area contributed by atoms with Crippen molar-refractivity contribution in [2.24, 2.45) is 11.8 Å². The molecule has 0 spiro atoms. The molecule has 0 saturated heterocycles. The lowest BCUT2D eigenvalue weighted by Gasteiger charge is -2.29. The van der Waals surface area contributed by atoms with E-state index in [-0.39, 0.29) is 12.2 Å². The van der Waals surface area contributed by atoms with Gasteiger partial charge in [0.2, 0.25) is 0 Å². The zero-order valence-electron chi connectivity index (χ0n) is 35.2. The van der Waals surface area contributed by atoms with Crippen LogP contribution in [0.4, 0.5) is 0 Å². The van der Waals surface area contributed by atoms with Gasteiger partial charge in [-0.25, -0.2) is 0 Å². The van der Waals surface area contributed by atoms with Gasteiger partial charge in [-0.1, -0.05) is 60.6 Å². The predicted molar refractivity (Wildman–Crippen MR) is 253 cm³/mol. The molecule has 12 heteroatoms. The van der Waals surface area contributed by atoms with Crippen LogP contribution in [0, 0.1) is 11.8 Å². The topological polar surface area (TPSA) is 114 Å². The standard InChI is InChI=1S/C26H25BNO4.C25H22BClNO3/c1-30-25-12-20(31-19-8-6-17(7-9-19)13-27-16-29)11-21-22(25)14-28-15-23(21)26-10-18-4-2-3-5-24(18)32-26;27-23-11-19(30-18-7-5-16(6-8-18)12-26-15-29)10-20-21(23)13-28-14-22(20)25-9-17-3-1-2-4-24(17)31-25/h2-5,10-12,14-17,19H,6-9,13H2,1H3;1-4,9-11,13-16,18H,5-8,12H2. The summed E-state index contributed by atoms with van der Waals surface area (Å²) in [6, 6.07) is 27.9. The van der Waals surface area contributed by atoms with Gasteiger partial charge in [-0.2, -0.15) is 0 Å². The molecule has 0 amide bonds. The Hall–Kier alpha value is -6.06. The van der Waals surface area contributed by atoms with Crippen molar-refractivity contribution in [3.8, 4) is 39.9 Å². The van der Waals surface area contributed by atoms with E-state index in [9.17, 15) is 9.59 Å². The molecule has 10 rings (SSSR count). The number of hydrogen-bond acceptors (Lipinski definition) is 9. The molecule has 63 heavy (non-hydrogen) atoms. The molecule has 9 nitrogen and oxygen atoms in total. The van der Waals surface area contributed by atoms with Crippen LogP contribution in [-0.2, 0) is 9.59 Å². The van der Waals surface area contributed by atoms with E-state index in [4.69, 9.17) is 34.6 Å². The van der Waals surface area contributed by atoms with E-state index in [1.165, 1.54) is 0 Å². The van der Waals surface area contributed by atoms with Gasteiger partial charge >= 0.3 is 0 Å². The van der Waals surface area contributed by atoms with Crippen molar-refractivity contribution in [2.45, 2.75) is 76.2 Å². The Balaban J connectivity index is 0.000000160. The molecule has 0 bridgehead atoms. The monoisotopic (exact) mass is 856 g/mol. The maximum absolute atomic E-state index is 10.6. The number of carbonyl (C=O) groups is 2. The van der Waals surface area contributed by atoms with Crippen LogP contribution >= 0.6 is 11.6 Å². The third-order valence-corrected chi connectivity index (χ3v) is 12.9. The first-order valence-corrected chi connectivity index (χ1v) is 22.2. The minimum atomic E-state index is 0.164. The zero-order valence-corrected chi connectivity index (χ0v) is 36.0. The lowest BCUT2D eigenvalue weighted by molar-refractivity contribution is 0.135. The minimum Gasteiger partial charge on any atom is -0.496 e. The molecule has 2 aliphatic rings. The molecule has 4 aromatic heterocycles. The van der Waals surface area contributed by atoms with Gasteiger partial charge in [0.25, 0.3) is 0 Å². The second kappa shape index (κ2) is 19.5. The second-order valence-electron chi connectivity index (χ2n) is 16.6. The van der Waals surface area contributed by atoms with Crippen LogP contribution < -0.4 is 14.2 Å². The first kappa shape index (κ1) is 42.3. The number of fused-ring (bicyclic) bond motifs is 4. The van der Waals surface area contributed by atoms with E-state index < -0.39 is 0 Å². The Bertz CT molecular complexity index is 2800. The SMILES string of the molecule is COc1cc(OC2CCC(C[B]C=O)CC2)cc2c(-c3cc4ccccc4o3)cncc12.O=C[B]CC1CCC(Oc2cc(Cl)c3cncc(-c4cc5ccccc5o4)c3c2)CC1. The Labute approximate surface area is 372 Å². The number of nitrogens with zero attached hydrogens (tertiary/aromatic N) is 2. The van der Waals surface area contributed by atoms with Crippen LogP contribution in [-0.4, -0.2) is 56.2 Å². The molecule has 0 N–H and O–H groups in total. The van der Waals surface area contributed by atoms with Gasteiger partial charge in [-0.15, -0.1) is 0 Å². The fourth-order valence-electron chi connectivity index (χ4n) is 9.19. The first-order valence-electron chi connectivity index (χ1n) is 21.8. The maximum Gasteiger partial charge on any atom is 0.197 e. The summed E-state index contributed by atoms with van der Waals surface area (Å²) in [5.74, 6) is 4.99. The van der Waals surface area contributed by atoms with Crippen molar-refractivity contribution in [1.29, 1.82) is 0 Å². The van der Waals surface area contributed by atoms with E-state index in [1.54, 1.807) is 27.9 Å². The lowest BCUT2D eigenvalue weighted by Crippen LogP contribution is -2.24. The Morgan fingerprint density at radius 1 is 0.603 bits per heavy atom. The van der Waals surface area contributed by atoms with Gasteiger partial charge in [-0.05, 0) is 106 Å². The summed E-state index contributed by atoms with van der Waals surface area (Å²) in [5, 5.41) is 6.48. The molecule has 2 saturated carbocycles. The van der Waals surface area contributed by atoms with Crippen molar-refractivity contribution >= 4 is 82.0 Å². The number of carbonyl (C=O) groups excluding carboxylic acids is 2. The third kappa shape index (κ3) is 9.64. The van der Waals surface area contributed by atoms with E-state index >= 15 is 0 Å². The molecule has 2 radical (unpaired) electrons. The summed E-state index contributed by atoms with van der Waals surface area (Å²) in [6.45, 7) is 0. The number of pyridine rings is 2. The van der Waals surface area contributed by atoms with Crippen LogP contribution in [0.5, 0.6) is 17.2 Å². The van der Waals surface area contributed by atoms with Gasteiger partial charge in [-0.3, -0.25) is 9.97 Å². The lowest BCUT2D eigenvalue weighted by atomic mass is 9.67. The highest BCUT2D eigenvalue weighted by Crippen LogP contribution is 2.41. The van der Waals surface area contributed by atoms with Crippen molar-refractivity contribution in [2.75, 3.05) is 7.11 Å². The summed E-state index contributed by atoms with van der Waals surface area (Å²) >= 11 is 6.61. The average Bonchev–Trinajstić information content (AvgIpc) is 3.96. The number of hydrogen-bond donors (Lipinski definition) is 0. The zero-order chi connectivity index (χ0) is 43.1. The number of methoxy groups -OCH3 is 1. The van der Waals surface area contributed by atoms with Gasteiger partial charge in [0.05, 0.1) is 36.7 Å². The molecule has 316 valence electrons. The molecular formula is C51H47B2ClN2O7. The maximum atomic E-state index is 10.6. The van der Waals surface area contributed by atoms with Crippen molar-refractivity contribution in [1.82, 2.24) is 9.97 Å². The van der Waals surface area contributed by atoms with Crippen molar-refractivity contribution < 1.29 is 32.6 Å². The highest BCUT2D eigenvalue weighted by atomic mass is 35.5. The molecule has 2 fully saturated rings. The molecule has 0 aliphatic heterocycles. The highest BCUT2D eigenvalue weighted by molar-refractivity contribution is 6.67. The van der Waals surface area contributed by atoms with Crippen LogP contribution in [0.25, 0.3) is 66.1 Å². The molecule has 2 aliphatic carbocycles. The van der Waals surface area contributed by atoms with Crippen molar-refractivity contribution in [3.05, 3.63) is 115 Å². The molecule has 8 aromatic rings. The van der Waals surface area contributed by atoms with Gasteiger partial charge in [0.15, 0.2) is 14.6 Å². The largest absolute Gasteiger partial charge is 0.496 e. The van der Waals surface area contributed by atoms with E-state index in [1.807, 2.05) is 97.5 Å². The van der Waals surface area contributed by atoms with Gasteiger partial charge < -0.3 is 32.6 Å². The van der Waals surface area contributed by atoms with Gasteiger partial charge in [0.1, 0.15) is 39.9 Å². The Morgan fingerprint density at radius 2 is 1.08 bits per heavy atom. The van der Waals surface area contributed by atoms with Crippen LogP contribution in [0.3, 0.4) is 0 Å². The van der Waals surface area contributed by atoms with Crippen LogP contribution in [0.1, 0.15) is 51.4 Å². The number of benzene rings is 4. The van der Waals surface area contributed by atoms with Gasteiger partial charge in [0, 0.05) is 74.3 Å². The molecule has 4 aromatic carbocycles. The number of rotatable bonds is 13. The van der Waals surface area contributed by atoms with Crippen LogP contribution in [0.2, 0.25) is 17.7 Å². The highest BCUT2D eigenvalue weighted by Gasteiger charge is 2.25. The summed E-state index contributed by atoms with van der Waals surface area (Å²) in [7, 11) is 5.12. The summed E-state index contributed by atoms with van der Waals surface area (Å²) in [6.07, 6.45) is 19.4. The fourth-order valence-corrected chi connectivity index (χ4v) is 9.45. The molecule has 4 heterocycles. The summed E-state index contributed by atoms with van der Waals surface area (Å²) in [5.41, 5.74) is 3.50. The molecular weight excluding hydrogens is 810 g/mol.